The molecule has 0 aliphatic carbocycles. The Morgan fingerprint density at radius 1 is 1.04 bits per heavy atom. The molecular formula is C17H17F3N2O2. The van der Waals surface area contributed by atoms with Gasteiger partial charge in [-0.3, -0.25) is 5.43 Å². The van der Waals surface area contributed by atoms with E-state index in [0.29, 0.717) is 22.8 Å². The van der Waals surface area contributed by atoms with Crippen LogP contribution in [-0.2, 0) is 6.18 Å². The number of benzene rings is 2. The number of para-hydroxylation sites is 1. The van der Waals surface area contributed by atoms with Crippen molar-refractivity contribution in [3.63, 3.8) is 0 Å². The van der Waals surface area contributed by atoms with Gasteiger partial charge in [-0.05, 0) is 37.3 Å². The standard InChI is InChI=1S/C17H17F3N2O2/c1-11(13-10-12(23-2)8-9-16(13)24-3)21-22-15-7-5-4-6-14(15)17(18,19)20/h4-10,22H,1-3H3/b21-11-. The van der Waals surface area contributed by atoms with Crippen molar-refractivity contribution in [2.75, 3.05) is 19.6 Å². The maximum absolute atomic E-state index is 13.0. The van der Waals surface area contributed by atoms with Gasteiger partial charge in [0.25, 0.3) is 0 Å². The lowest BCUT2D eigenvalue weighted by Crippen LogP contribution is -2.09. The first-order valence-electron chi connectivity index (χ1n) is 7.05. The van der Waals surface area contributed by atoms with E-state index in [0.717, 1.165) is 6.07 Å². The molecule has 0 heterocycles. The van der Waals surface area contributed by atoms with Gasteiger partial charge in [-0.15, -0.1) is 0 Å². The first kappa shape index (κ1) is 17.7. The summed E-state index contributed by atoms with van der Waals surface area (Å²) in [5.41, 5.74) is 2.66. The summed E-state index contributed by atoms with van der Waals surface area (Å²) in [7, 11) is 3.03. The number of alkyl halides is 3. The smallest absolute Gasteiger partial charge is 0.418 e. The van der Waals surface area contributed by atoms with E-state index < -0.39 is 11.7 Å². The summed E-state index contributed by atoms with van der Waals surface area (Å²) in [6.45, 7) is 1.67. The highest BCUT2D eigenvalue weighted by molar-refractivity contribution is 6.01. The van der Waals surface area contributed by atoms with Crippen LogP contribution in [0.2, 0.25) is 0 Å². The van der Waals surface area contributed by atoms with E-state index in [-0.39, 0.29) is 5.69 Å². The number of halogens is 3. The fraction of sp³-hybridized carbons (Fsp3) is 0.235. The van der Waals surface area contributed by atoms with Crippen molar-refractivity contribution < 1.29 is 22.6 Å². The van der Waals surface area contributed by atoms with Crippen LogP contribution in [0, 0.1) is 0 Å². The summed E-state index contributed by atoms with van der Waals surface area (Å²) < 4.78 is 49.4. The average Bonchev–Trinajstić information content (AvgIpc) is 2.58. The molecule has 0 saturated heterocycles. The summed E-state index contributed by atoms with van der Waals surface area (Å²) in [4.78, 5) is 0. The van der Waals surface area contributed by atoms with Crippen molar-refractivity contribution in [2.45, 2.75) is 13.1 Å². The van der Waals surface area contributed by atoms with Crippen LogP contribution in [0.4, 0.5) is 18.9 Å². The molecule has 0 aromatic heterocycles. The Kier molecular flexibility index (Phi) is 5.33. The first-order chi connectivity index (χ1) is 11.4. The van der Waals surface area contributed by atoms with Crippen LogP contribution >= 0.6 is 0 Å². The topological polar surface area (TPSA) is 42.9 Å². The van der Waals surface area contributed by atoms with Crippen molar-refractivity contribution in [1.29, 1.82) is 0 Å². The minimum Gasteiger partial charge on any atom is -0.497 e. The summed E-state index contributed by atoms with van der Waals surface area (Å²) in [6, 6.07) is 10.3. The number of hydrazone groups is 1. The van der Waals surface area contributed by atoms with E-state index in [2.05, 4.69) is 10.5 Å². The molecule has 24 heavy (non-hydrogen) atoms. The third kappa shape index (κ3) is 3.98. The van der Waals surface area contributed by atoms with Gasteiger partial charge in [-0.2, -0.15) is 18.3 Å². The molecule has 2 aromatic carbocycles. The zero-order valence-electron chi connectivity index (χ0n) is 13.4. The lowest BCUT2D eigenvalue weighted by Gasteiger charge is -2.13. The molecule has 0 saturated carbocycles. The normalized spacial score (nSPS) is 12.0. The van der Waals surface area contributed by atoms with Gasteiger partial charge >= 0.3 is 6.18 Å². The second-order valence-corrected chi connectivity index (χ2v) is 4.92. The van der Waals surface area contributed by atoms with Gasteiger partial charge in [0.05, 0.1) is 31.2 Å². The maximum atomic E-state index is 13.0. The third-order valence-corrected chi connectivity index (χ3v) is 3.37. The van der Waals surface area contributed by atoms with E-state index in [9.17, 15) is 13.2 Å². The fourth-order valence-corrected chi connectivity index (χ4v) is 2.13. The predicted octanol–water partition coefficient (Wildman–Crippen LogP) is 4.56. The Hall–Kier alpha value is -2.70. The fourth-order valence-electron chi connectivity index (χ4n) is 2.13. The minimum absolute atomic E-state index is 0.119. The van der Waals surface area contributed by atoms with Crippen molar-refractivity contribution in [3.05, 3.63) is 53.6 Å². The van der Waals surface area contributed by atoms with Gasteiger partial charge < -0.3 is 9.47 Å². The molecule has 0 unspecified atom stereocenters. The second kappa shape index (κ2) is 7.25. The number of nitrogens with zero attached hydrogens (tertiary/aromatic N) is 1. The Labute approximate surface area is 137 Å². The zero-order valence-corrected chi connectivity index (χ0v) is 13.4. The molecule has 0 aliphatic rings. The number of hydrogen-bond acceptors (Lipinski definition) is 4. The van der Waals surface area contributed by atoms with E-state index in [1.165, 1.54) is 32.4 Å². The number of methoxy groups -OCH3 is 2. The van der Waals surface area contributed by atoms with Crippen molar-refractivity contribution in [1.82, 2.24) is 0 Å². The molecule has 1 N–H and O–H groups in total. The number of anilines is 1. The molecule has 0 atom stereocenters. The van der Waals surface area contributed by atoms with Crippen LogP contribution in [0.3, 0.4) is 0 Å². The van der Waals surface area contributed by atoms with Crippen LogP contribution in [0.5, 0.6) is 11.5 Å². The van der Waals surface area contributed by atoms with Crippen LogP contribution in [-0.4, -0.2) is 19.9 Å². The second-order valence-electron chi connectivity index (χ2n) is 4.92. The van der Waals surface area contributed by atoms with Crippen LogP contribution < -0.4 is 14.9 Å². The van der Waals surface area contributed by atoms with Crippen LogP contribution in [0.15, 0.2) is 47.6 Å². The highest BCUT2D eigenvalue weighted by Crippen LogP contribution is 2.34. The van der Waals surface area contributed by atoms with Crippen LogP contribution in [0.25, 0.3) is 0 Å². The Bertz CT molecular complexity index is 743. The Morgan fingerprint density at radius 2 is 1.75 bits per heavy atom. The summed E-state index contributed by atoms with van der Waals surface area (Å²) >= 11 is 0. The molecule has 0 aliphatic heterocycles. The Balaban J connectivity index is 2.34. The number of nitrogens with one attached hydrogen (secondary N) is 1. The van der Waals surface area contributed by atoms with E-state index >= 15 is 0 Å². The molecule has 0 spiro atoms. The van der Waals surface area contributed by atoms with Gasteiger partial charge in [0.15, 0.2) is 0 Å². The summed E-state index contributed by atoms with van der Waals surface area (Å²) in [5.74, 6) is 1.14. The lowest BCUT2D eigenvalue weighted by atomic mass is 10.1. The van der Waals surface area contributed by atoms with Crippen molar-refractivity contribution >= 4 is 11.4 Å². The first-order valence-corrected chi connectivity index (χ1v) is 7.05. The molecule has 0 bridgehead atoms. The SMILES string of the molecule is COc1ccc(OC)c(/C(C)=N\Nc2ccccc2C(F)(F)F)c1. The summed E-state index contributed by atoms with van der Waals surface area (Å²) in [5, 5.41) is 4.05. The van der Waals surface area contributed by atoms with Gasteiger partial charge in [0, 0.05) is 5.56 Å². The quantitative estimate of drug-likeness (QED) is 0.642. The highest BCUT2D eigenvalue weighted by Gasteiger charge is 2.33. The highest BCUT2D eigenvalue weighted by atomic mass is 19.4. The number of rotatable bonds is 5. The predicted molar refractivity (Wildman–Crippen MR) is 86.8 cm³/mol. The van der Waals surface area contributed by atoms with Gasteiger partial charge in [0.1, 0.15) is 11.5 Å². The number of ether oxygens (including phenoxy) is 2. The molecule has 2 aromatic rings. The summed E-state index contributed by atoms with van der Waals surface area (Å²) in [6.07, 6.45) is -4.46. The lowest BCUT2D eigenvalue weighted by molar-refractivity contribution is -0.136. The number of hydrogen-bond donors (Lipinski definition) is 1. The average molecular weight is 338 g/mol. The molecule has 4 nitrogen and oxygen atoms in total. The Morgan fingerprint density at radius 3 is 2.38 bits per heavy atom. The minimum atomic E-state index is -4.46. The van der Waals surface area contributed by atoms with E-state index in [1.54, 1.807) is 25.1 Å². The van der Waals surface area contributed by atoms with Gasteiger partial charge in [0.2, 0.25) is 0 Å². The maximum Gasteiger partial charge on any atom is 0.418 e. The monoisotopic (exact) mass is 338 g/mol. The van der Waals surface area contributed by atoms with Crippen molar-refractivity contribution in [3.8, 4) is 11.5 Å². The molecule has 2 rings (SSSR count). The molecule has 0 fully saturated rings. The zero-order chi connectivity index (χ0) is 17.7. The largest absolute Gasteiger partial charge is 0.497 e. The van der Waals surface area contributed by atoms with E-state index in [4.69, 9.17) is 9.47 Å². The van der Waals surface area contributed by atoms with Gasteiger partial charge in [-0.1, -0.05) is 12.1 Å². The van der Waals surface area contributed by atoms with Crippen LogP contribution in [0.1, 0.15) is 18.1 Å². The molecule has 7 heteroatoms. The van der Waals surface area contributed by atoms with Crippen molar-refractivity contribution in [2.24, 2.45) is 5.10 Å². The van der Waals surface area contributed by atoms with E-state index in [1.807, 2.05) is 0 Å². The third-order valence-electron chi connectivity index (χ3n) is 3.37. The molecule has 0 radical (unpaired) electrons. The molecule has 0 amide bonds. The molecular weight excluding hydrogens is 321 g/mol. The molecule has 128 valence electrons. The van der Waals surface area contributed by atoms with Gasteiger partial charge in [-0.25, -0.2) is 0 Å².